The average molecular weight is 305 g/mol. The van der Waals surface area contributed by atoms with Crippen molar-refractivity contribution in [3.63, 3.8) is 0 Å². The number of quaternary nitrogens is 1. The molecule has 1 aromatic rings. The molecule has 0 spiro atoms. The summed E-state index contributed by atoms with van der Waals surface area (Å²) >= 11 is 0. The lowest BCUT2D eigenvalue weighted by molar-refractivity contribution is -0.895. The molecule has 1 aliphatic rings. The van der Waals surface area contributed by atoms with Gasteiger partial charge in [-0.1, -0.05) is 13.0 Å². The number of carbonyl (C=O) groups excluding carboxylic acids is 1. The summed E-state index contributed by atoms with van der Waals surface area (Å²) in [6.07, 6.45) is 4.13. The number of amides is 1. The van der Waals surface area contributed by atoms with Gasteiger partial charge in [0.1, 0.15) is 0 Å². The molecule has 7 nitrogen and oxygen atoms in total. The molecule has 0 aromatic heterocycles. The van der Waals surface area contributed by atoms with Gasteiger partial charge in [-0.25, -0.2) is 0 Å². The van der Waals surface area contributed by atoms with Gasteiger partial charge in [0.25, 0.3) is 11.6 Å². The van der Waals surface area contributed by atoms with Crippen molar-refractivity contribution in [1.82, 2.24) is 10.9 Å². The minimum atomic E-state index is -0.515. The Morgan fingerprint density at radius 2 is 2.27 bits per heavy atom. The Balaban J connectivity index is 1.88. The number of hydrogen-bond donors (Lipinski definition) is 3. The van der Waals surface area contributed by atoms with Gasteiger partial charge in [0, 0.05) is 29.8 Å². The smallest absolute Gasteiger partial charge is 0.270 e. The van der Waals surface area contributed by atoms with Gasteiger partial charge in [0.15, 0.2) is 0 Å². The number of rotatable bonds is 6. The molecule has 1 amide bonds. The minimum Gasteiger partial charge on any atom is -0.331 e. The number of benzene rings is 1. The van der Waals surface area contributed by atoms with Crippen LogP contribution in [0.4, 0.5) is 5.69 Å². The van der Waals surface area contributed by atoms with Crippen molar-refractivity contribution in [1.29, 1.82) is 0 Å². The highest BCUT2D eigenvalue weighted by Gasteiger charge is 2.15. The molecular formula is C15H21N4O3+. The Morgan fingerprint density at radius 3 is 2.91 bits per heavy atom. The summed E-state index contributed by atoms with van der Waals surface area (Å²) in [6.45, 7) is 5.32. The van der Waals surface area contributed by atoms with Crippen molar-refractivity contribution < 1.29 is 14.6 Å². The van der Waals surface area contributed by atoms with E-state index in [1.165, 1.54) is 23.1 Å². The molecule has 0 bridgehead atoms. The standard InChI is InChI=1S/C15H20N4O3/c1-2-8-18-9-6-13(7-10-18)16-17-15(20)12-4-3-5-14(11-12)19(21)22/h3-6,11,16H,2,7-10H2,1H3,(H,17,20)/p+1. The monoisotopic (exact) mass is 305 g/mol. The van der Waals surface area contributed by atoms with E-state index in [2.05, 4.69) is 23.9 Å². The second-order valence-corrected chi connectivity index (χ2v) is 5.32. The molecule has 118 valence electrons. The summed E-state index contributed by atoms with van der Waals surface area (Å²) in [5.41, 5.74) is 6.65. The maximum Gasteiger partial charge on any atom is 0.270 e. The molecule has 0 radical (unpaired) electrons. The molecule has 0 saturated carbocycles. The van der Waals surface area contributed by atoms with Crippen molar-refractivity contribution in [2.45, 2.75) is 19.8 Å². The van der Waals surface area contributed by atoms with E-state index < -0.39 is 4.92 Å². The Bertz CT molecular complexity index is 586. The highest BCUT2D eigenvalue weighted by atomic mass is 16.6. The van der Waals surface area contributed by atoms with Gasteiger partial charge in [0.2, 0.25) is 0 Å². The third-order valence-corrected chi connectivity index (χ3v) is 3.64. The van der Waals surface area contributed by atoms with Crippen LogP contribution in [-0.4, -0.2) is 30.5 Å². The van der Waals surface area contributed by atoms with Crippen LogP contribution in [0.15, 0.2) is 36.0 Å². The second kappa shape index (κ2) is 7.56. The van der Waals surface area contributed by atoms with Crippen molar-refractivity contribution in [2.24, 2.45) is 0 Å². The summed E-state index contributed by atoms with van der Waals surface area (Å²) < 4.78 is 0. The zero-order chi connectivity index (χ0) is 15.9. The van der Waals surface area contributed by atoms with Crippen LogP contribution in [0.5, 0.6) is 0 Å². The topological polar surface area (TPSA) is 88.7 Å². The van der Waals surface area contributed by atoms with Crippen molar-refractivity contribution in [3.8, 4) is 0 Å². The van der Waals surface area contributed by atoms with E-state index in [1.807, 2.05) is 0 Å². The fraction of sp³-hybridized carbons (Fsp3) is 0.400. The largest absolute Gasteiger partial charge is 0.331 e. The molecule has 0 fully saturated rings. The predicted octanol–water partition coefficient (Wildman–Crippen LogP) is 0.412. The Labute approximate surface area is 129 Å². The summed E-state index contributed by atoms with van der Waals surface area (Å²) in [4.78, 5) is 23.7. The van der Waals surface area contributed by atoms with E-state index in [9.17, 15) is 14.9 Å². The van der Waals surface area contributed by atoms with E-state index in [0.29, 0.717) is 0 Å². The molecule has 0 saturated heterocycles. The first-order valence-corrected chi connectivity index (χ1v) is 7.43. The zero-order valence-corrected chi connectivity index (χ0v) is 12.6. The fourth-order valence-electron chi connectivity index (χ4n) is 2.45. The first kappa shape index (κ1) is 16.0. The Kier molecular flexibility index (Phi) is 5.48. The number of nitro benzene ring substituents is 1. The molecule has 1 unspecified atom stereocenters. The normalized spacial score (nSPS) is 17.5. The number of hydrazine groups is 1. The lowest BCUT2D eigenvalue weighted by Crippen LogP contribution is -3.12. The van der Waals surface area contributed by atoms with Crippen LogP contribution < -0.4 is 15.8 Å². The summed E-state index contributed by atoms with van der Waals surface area (Å²) in [7, 11) is 0. The summed E-state index contributed by atoms with van der Waals surface area (Å²) in [5.74, 6) is -0.382. The van der Waals surface area contributed by atoms with Gasteiger partial charge in [-0.05, 0) is 18.6 Å². The van der Waals surface area contributed by atoms with Gasteiger partial charge < -0.3 is 10.3 Å². The lowest BCUT2D eigenvalue weighted by Gasteiger charge is -2.23. The fourth-order valence-corrected chi connectivity index (χ4v) is 2.45. The number of hydrogen-bond acceptors (Lipinski definition) is 4. The van der Waals surface area contributed by atoms with Gasteiger partial charge in [0.05, 0.1) is 24.6 Å². The average Bonchev–Trinajstić information content (AvgIpc) is 2.54. The van der Waals surface area contributed by atoms with Crippen LogP contribution >= 0.6 is 0 Å². The SMILES string of the molecule is CCC[NH+]1CC=C(NNC(=O)c2cccc([N+](=O)[O-])c2)CC1. The number of nitro groups is 1. The van der Waals surface area contributed by atoms with Crippen LogP contribution in [0, 0.1) is 10.1 Å². The lowest BCUT2D eigenvalue weighted by atomic mass is 10.2. The molecule has 2 rings (SSSR count). The Morgan fingerprint density at radius 1 is 1.45 bits per heavy atom. The third-order valence-electron chi connectivity index (χ3n) is 3.64. The predicted molar refractivity (Wildman–Crippen MR) is 82.3 cm³/mol. The Hall–Kier alpha value is -2.41. The zero-order valence-electron chi connectivity index (χ0n) is 12.6. The van der Waals surface area contributed by atoms with Gasteiger partial charge in [-0.15, -0.1) is 0 Å². The highest BCUT2D eigenvalue weighted by molar-refractivity contribution is 5.94. The quantitative estimate of drug-likeness (QED) is 0.525. The maximum atomic E-state index is 12.0. The van der Waals surface area contributed by atoms with Crippen LogP contribution in [0.1, 0.15) is 30.1 Å². The molecule has 3 N–H and O–H groups in total. The molecule has 1 atom stereocenters. The highest BCUT2D eigenvalue weighted by Crippen LogP contribution is 2.12. The number of nitrogens with one attached hydrogen (secondary N) is 3. The molecule has 22 heavy (non-hydrogen) atoms. The van der Waals surface area contributed by atoms with Crippen molar-refractivity contribution in [2.75, 3.05) is 19.6 Å². The van der Waals surface area contributed by atoms with E-state index in [4.69, 9.17) is 0 Å². The second-order valence-electron chi connectivity index (χ2n) is 5.32. The van der Waals surface area contributed by atoms with Crippen molar-refractivity contribution in [3.05, 3.63) is 51.7 Å². The van der Waals surface area contributed by atoms with E-state index in [0.717, 1.165) is 38.2 Å². The van der Waals surface area contributed by atoms with E-state index in [-0.39, 0.29) is 17.2 Å². The molecule has 7 heteroatoms. The number of non-ortho nitro benzene ring substituents is 1. The first-order valence-electron chi connectivity index (χ1n) is 7.43. The molecular weight excluding hydrogens is 284 g/mol. The molecule has 1 aromatic carbocycles. The van der Waals surface area contributed by atoms with Gasteiger partial charge >= 0.3 is 0 Å². The molecule has 0 aliphatic carbocycles. The maximum absolute atomic E-state index is 12.0. The van der Waals surface area contributed by atoms with Crippen LogP contribution in [0.2, 0.25) is 0 Å². The van der Waals surface area contributed by atoms with E-state index >= 15 is 0 Å². The van der Waals surface area contributed by atoms with Crippen LogP contribution in [0.3, 0.4) is 0 Å². The number of nitrogens with zero attached hydrogens (tertiary/aromatic N) is 1. The number of carbonyl (C=O) groups is 1. The summed E-state index contributed by atoms with van der Waals surface area (Å²) in [6, 6.07) is 5.67. The van der Waals surface area contributed by atoms with E-state index in [1.54, 1.807) is 6.07 Å². The first-order chi connectivity index (χ1) is 10.6. The van der Waals surface area contributed by atoms with Gasteiger partial charge in [-0.2, -0.15) is 0 Å². The van der Waals surface area contributed by atoms with Crippen LogP contribution in [0.25, 0.3) is 0 Å². The van der Waals surface area contributed by atoms with Gasteiger partial charge in [-0.3, -0.25) is 20.3 Å². The molecule has 1 heterocycles. The van der Waals surface area contributed by atoms with Crippen LogP contribution in [-0.2, 0) is 0 Å². The summed E-state index contributed by atoms with van der Waals surface area (Å²) in [5, 5.41) is 10.7. The molecule has 1 aliphatic heterocycles. The third kappa shape index (κ3) is 4.29. The minimum absolute atomic E-state index is 0.0941. The van der Waals surface area contributed by atoms with Crippen molar-refractivity contribution >= 4 is 11.6 Å².